The number of hydrogen-bond donors (Lipinski definition) is 0. The van der Waals surface area contributed by atoms with Crippen LogP contribution < -0.4 is 4.74 Å². The van der Waals surface area contributed by atoms with Gasteiger partial charge in [-0.25, -0.2) is 24.1 Å². The van der Waals surface area contributed by atoms with E-state index in [1.807, 2.05) is 39.5 Å². The number of ether oxygens (including phenoxy) is 3. The van der Waals surface area contributed by atoms with Gasteiger partial charge in [-0.05, 0) is 59.0 Å². The fourth-order valence-electron chi connectivity index (χ4n) is 4.64. The van der Waals surface area contributed by atoms with Gasteiger partial charge >= 0.3 is 5.97 Å². The molecule has 0 saturated carbocycles. The summed E-state index contributed by atoms with van der Waals surface area (Å²) in [6.07, 6.45) is 8.38. The van der Waals surface area contributed by atoms with E-state index in [-0.39, 0.29) is 11.9 Å². The van der Waals surface area contributed by atoms with Gasteiger partial charge in [0.2, 0.25) is 10.5 Å². The lowest BCUT2D eigenvalue weighted by molar-refractivity contribution is -0.0394. The van der Waals surface area contributed by atoms with Crippen molar-refractivity contribution in [2.24, 2.45) is 0 Å². The Hall–Kier alpha value is -4.10. The Labute approximate surface area is 231 Å². The summed E-state index contributed by atoms with van der Waals surface area (Å²) >= 11 is 3.43. The summed E-state index contributed by atoms with van der Waals surface area (Å²) in [5.41, 5.74) is 3.22. The van der Waals surface area contributed by atoms with E-state index in [0.717, 1.165) is 36.1 Å². The lowest BCUT2D eigenvalue weighted by Crippen LogP contribution is -2.18. The minimum Gasteiger partial charge on any atom is -0.497 e. The first-order valence-electron chi connectivity index (χ1n) is 12.4. The third kappa shape index (κ3) is 4.90. The topological polar surface area (TPSA) is 123 Å². The summed E-state index contributed by atoms with van der Waals surface area (Å²) in [6.45, 7) is 1.16. The second-order valence-electron chi connectivity index (χ2n) is 9.02. The average molecular weight is 593 g/mol. The third-order valence-electron chi connectivity index (χ3n) is 6.56. The zero-order valence-electron chi connectivity index (χ0n) is 21.3. The molecule has 1 fully saturated rings. The molecule has 0 amide bonds. The van der Waals surface area contributed by atoms with Crippen molar-refractivity contribution < 1.29 is 19.0 Å². The van der Waals surface area contributed by atoms with E-state index >= 15 is 0 Å². The molecule has 4 aromatic heterocycles. The smallest absolute Gasteiger partial charge is 0.356 e. The van der Waals surface area contributed by atoms with Crippen LogP contribution in [-0.2, 0) is 16.0 Å². The number of rotatable bonds is 7. The summed E-state index contributed by atoms with van der Waals surface area (Å²) in [5, 5.41) is 9.17. The van der Waals surface area contributed by atoms with Crippen molar-refractivity contribution in [3.63, 3.8) is 0 Å². The van der Waals surface area contributed by atoms with Crippen LogP contribution in [0.5, 0.6) is 5.75 Å². The predicted octanol–water partition coefficient (Wildman–Crippen LogP) is 4.16. The van der Waals surface area contributed by atoms with Crippen LogP contribution in [0.3, 0.4) is 0 Å². The van der Waals surface area contributed by atoms with Crippen LogP contribution in [0, 0.1) is 0 Å². The molecule has 1 unspecified atom stereocenters. The van der Waals surface area contributed by atoms with Crippen molar-refractivity contribution in [1.29, 1.82) is 0 Å². The number of benzene rings is 1. The fraction of sp³-hybridized carbons (Fsp3) is 0.308. The molecule has 13 heteroatoms. The number of carbonyl (C=O) groups is 1. The third-order valence-corrected chi connectivity index (χ3v) is 6.90. The van der Waals surface area contributed by atoms with E-state index in [0.29, 0.717) is 40.9 Å². The Morgan fingerprint density at radius 3 is 2.72 bits per heavy atom. The second-order valence-corrected chi connectivity index (χ2v) is 9.73. The fourth-order valence-corrected chi connectivity index (χ4v) is 4.99. The second kappa shape index (κ2) is 10.6. The highest BCUT2D eigenvalue weighted by Crippen LogP contribution is 2.34. The highest BCUT2D eigenvalue weighted by atomic mass is 79.9. The molecule has 0 aliphatic carbocycles. The molecule has 6 rings (SSSR count). The maximum atomic E-state index is 12.2. The van der Waals surface area contributed by atoms with Gasteiger partial charge in [0.15, 0.2) is 11.5 Å². The summed E-state index contributed by atoms with van der Waals surface area (Å²) in [7, 11) is 2.95. The van der Waals surface area contributed by atoms with Gasteiger partial charge in [0, 0.05) is 24.6 Å². The Morgan fingerprint density at radius 2 is 1.97 bits per heavy atom. The van der Waals surface area contributed by atoms with E-state index in [4.69, 9.17) is 19.2 Å². The Kier molecular flexibility index (Phi) is 6.83. The summed E-state index contributed by atoms with van der Waals surface area (Å²) in [4.78, 5) is 26.1. The number of imidazole rings is 1. The maximum absolute atomic E-state index is 12.2. The molecule has 5 heterocycles. The molecule has 5 aromatic rings. The van der Waals surface area contributed by atoms with Gasteiger partial charge in [-0.3, -0.25) is 4.40 Å². The number of halogens is 1. The maximum Gasteiger partial charge on any atom is 0.356 e. The summed E-state index contributed by atoms with van der Waals surface area (Å²) in [6, 6.07) is 9.34. The minimum atomic E-state index is -0.545. The molecule has 1 aliphatic rings. The zero-order valence-corrected chi connectivity index (χ0v) is 22.9. The van der Waals surface area contributed by atoms with Crippen molar-refractivity contribution in [3.8, 4) is 28.5 Å². The molecular formula is C26H25BrN8O4. The summed E-state index contributed by atoms with van der Waals surface area (Å²) < 4.78 is 21.9. The van der Waals surface area contributed by atoms with E-state index in [1.54, 1.807) is 30.3 Å². The predicted molar refractivity (Wildman–Crippen MR) is 143 cm³/mol. The number of hydrogen-bond acceptors (Lipinski definition) is 9. The van der Waals surface area contributed by atoms with E-state index in [2.05, 4.69) is 36.1 Å². The largest absolute Gasteiger partial charge is 0.497 e. The van der Waals surface area contributed by atoms with Crippen molar-refractivity contribution >= 4 is 27.7 Å². The average Bonchev–Trinajstić information content (AvgIpc) is 3.69. The molecule has 0 radical (unpaired) electrons. The highest BCUT2D eigenvalue weighted by Gasteiger charge is 2.25. The highest BCUT2D eigenvalue weighted by molar-refractivity contribution is 9.10. The first-order chi connectivity index (χ1) is 19.0. The lowest BCUT2D eigenvalue weighted by atomic mass is 10.1. The Bertz CT molecular complexity index is 1640. The van der Waals surface area contributed by atoms with Gasteiger partial charge in [0.25, 0.3) is 0 Å². The van der Waals surface area contributed by atoms with Crippen LogP contribution in [0.2, 0.25) is 0 Å². The summed E-state index contributed by atoms with van der Waals surface area (Å²) in [5.74, 6) is 1.07. The number of methoxy groups -OCH3 is 2. The van der Waals surface area contributed by atoms with Crippen LogP contribution in [0.15, 0.2) is 53.7 Å². The van der Waals surface area contributed by atoms with Gasteiger partial charge in [0.1, 0.15) is 17.7 Å². The molecule has 0 N–H and O–H groups in total. The van der Waals surface area contributed by atoms with Gasteiger partial charge in [-0.1, -0.05) is 12.1 Å². The molecule has 1 saturated heterocycles. The zero-order chi connectivity index (χ0) is 26.9. The number of nitrogens with zero attached hydrogens (tertiary/aromatic N) is 8. The van der Waals surface area contributed by atoms with Crippen LogP contribution >= 0.6 is 15.9 Å². The number of fused-ring (bicyclic) bond motifs is 1. The van der Waals surface area contributed by atoms with Gasteiger partial charge in [-0.2, -0.15) is 10.1 Å². The molecule has 0 spiro atoms. The van der Waals surface area contributed by atoms with E-state index < -0.39 is 5.97 Å². The normalized spacial score (nSPS) is 15.5. The minimum absolute atomic E-state index is 0.118. The molecule has 1 atom stereocenters. The van der Waals surface area contributed by atoms with Crippen LogP contribution in [0.4, 0.5) is 0 Å². The lowest BCUT2D eigenvalue weighted by Gasteiger charge is -2.22. The standard InChI is InChI=1S/C26H25BrN8O4/c1-37-18-8-6-16(7-9-18)14-35-23(31-25(27)32-35)21-22(17-13-28-34(15-17)20-5-3-4-12-39-20)33-11-10-19(24(36)38-2)29-26(33)30-21/h6-11,13,15,20H,3-5,12,14H2,1-2H3. The Morgan fingerprint density at radius 1 is 1.13 bits per heavy atom. The van der Waals surface area contributed by atoms with Gasteiger partial charge in [-0.15, -0.1) is 5.10 Å². The van der Waals surface area contributed by atoms with Crippen molar-refractivity contribution in [3.05, 3.63) is 64.9 Å². The molecular weight excluding hydrogens is 568 g/mol. The van der Waals surface area contributed by atoms with E-state index in [1.165, 1.54) is 7.11 Å². The van der Waals surface area contributed by atoms with Crippen LogP contribution in [-0.4, -0.2) is 65.7 Å². The van der Waals surface area contributed by atoms with E-state index in [9.17, 15) is 4.79 Å². The van der Waals surface area contributed by atoms with Gasteiger partial charge < -0.3 is 14.2 Å². The molecule has 1 aromatic carbocycles. The van der Waals surface area contributed by atoms with Crippen molar-refractivity contribution in [2.45, 2.75) is 32.0 Å². The first-order valence-corrected chi connectivity index (χ1v) is 13.2. The van der Waals surface area contributed by atoms with Crippen molar-refractivity contribution in [1.82, 2.24) is 38.9 Å². The first kappa shape index (κ1) is 25.2. The van der Waals surface area contributed by atoms with Crippen LogP contribution in [0.25, 0.3) is 28.6 Å². The molecule has 200 valence electrons. The van der Waals surface area contributed by atoms with Gasteiger partial charge in [0.05, 0.1) is 32.7 Å². The molecule has 1 aliphatic heterocycles. The number of carbonyl (C=O) groups excluding carboxylic acids is 1. The quantitative estimate of drug-likeness (QED) is 0.256. The van der Waals surface area contributed by atoms with Crippen molar-refractivity contribution in [2.75, 3.05) is 20.8 Å². The molecule has 39 heavy (non-hydrogen) atoms. The SMILES string of the molecule is COC(=O)c1ccn2c(-c3cnn(C4CCCCO4)c3)c(-c3nc(Br)nn3Cc3ccc(OC)cc3)nc2n1. The Balaban J connectivity index is 1.48. The van der Waals surface area contributed by atoms with Crippen LogP contribution in [0.1, 0.15) is 41.5 Å². The monoisotopic (exact) mass is 592 g/mol. The molecule has 0 bridgehead atoms. The number of aromatic nitrogens is 8. The number of esters is 1. The molecule has 12 nitrogen and oxygen atoms in total.